The van der Waals surface area contributed by atoms with E-state index in [0.717, 1.165) is 16.5 Å². The van der Waals surface area contributed by atoms with Crippen molar-refractivity contribution in [1.29, 1.82) is 0 Å². The molecule has 1 heterocycles. The van der Waals surface area contributed by atoms with Gasteiger partial charge in [-0.3, -0.25) is 9.88 Å². The zero-order valence-corrected chi connectivity index (χ0v) is 10.5. The molecule has 1 N–H and O–H groups in total. The third-order valence-corrected chi connectivity index (χ3v) is 2.95. The minimum absolute atomic E-state index is 0.129. The molecule has 0 fully saturated rings. The lowest BCUT2D eigenvalue weighted by molar-refractivity contribution is 0.0748. The fourth-order valence-corrected chi connectivity index (χ4v) is 2.11. The Hall–Kier alpha value is -1.59. The van der Waals surface area contributed by atoms with Gasteiger partial charge < -0.3 is 5.11 Å². The lowest BCUT2D eigenvalue weighted by atomic mass is 10.1. The van der Waals surface area contributed by atoms with Crippen LogP contribution in [0.25, 0.3) is 10.9 Å². The molecular weight excluding hydrogens is 250 g/mol. The Labute approximate surface area is 110 Å². The Balaban J connectivity index is 2.23. The molecular formula is C14H16F2N2O. The van der Waals surface area contributed by atoms with Gasteiger partial charge in [0.1, 0.15) is 0 Å². The van der Waals surface area contributed by atoms with Crippen molar-refractivity contribution in [2.75, 3.05) is 19.7 Å². The molecule has 0 saturated carbocycles. The molecule has 3 nitrogen and oxygen atoms in total. The van der Waals surface area contributed by atoms with E-state index in [0.29, 0.717) is 6.54 Å². The fourth-order valence-electron chi connectivity index (χ4n) is 2.11. The van der Waals surface area contributed by atoms with E-state index in [2.05, 4.69) is 4.98 Å². The number of rotatable bonds is 6. The number of pyridine rings is 1. The zero-order valence-electron chi connectivity index (χ0n) is 10.5. The normalized spacial score (nSPS) is 11.6. The van der Waals surface area contributed by atoms with Crippen LogP contribution in [0.4, 0.5) is 8.78 Å². The number of alkyl halides is 2. The Morgan fingerprint density at radius 2 is 2.00 bits per heavy atom. The summed E-state index contributed by atoms with van der Waals surface area (Å²) in [4.78, 5) is 5.79. The molecule has 2 aromatic rings. The molecule has 0 spiro atoms. The largest absolute Gasteiger partial charge is 0.395 e. The zero-order chi connectivity index (χ0) is 13.7. The molecule has 0 aliphatic heterocycles. The average Bonchev–Trinajstić information content (AvgIpc) is 2.39. The van der Waals surface area contributed by atoms with Gasteiger partial charge in [-0.2, -0.15) is 0 Å². The van der Waals surface area contributed by atoms with Gasteiger partial charge in [0.15, 0.2) is 0 Å². The van der Waals surface area contributed by atoms with Crippen molar-refractivity contribution >= 4 is 10.9 Å². The summed E-state index contributed by atoms with van der Waals surface area (Å²) in [6, 6.07) is 9.44. The van der Waals surface area contributed by atoms with Gasteiger partial charge in [-0.1, -0.05) is 18.2 Å². The fraction of sp³-hybridized carbons (Fsp3) is 0.357. The van der Waals surface area contributed by atoms with Gasteiger partial charge in [-0.25, -0.2) is 8.78 Å². The van der Waals surface area contributed by atoms with E-state index in [9.17, 15) is 8.78 Å². The quantitative estimate of drug-likeness (QED) is 0.871. The predicted octanol–water partition coefficient (Wildman–Crippen LogP) is 2.29. The van der Waals surface area contributed by atoms with E-state index < -0.39 is 6.43 Å². The summed E-state index contributed by atoms with van der Waals surface area (Å²) in [6.45, 7) is 0.155. The summed E-state index contributed by atoms with van der Waals surface area (Å²) >= 11 is 0. The minimum Gasteiger partial charge on any atom is -0.395 e. The maximum absolute atomic E-state index is 12.5. The number of nitrogens with zero attached hydrogens (tertiary/aromatic N) is 2. The van der Waals surface area contributed by atoms with Gasteiger partial charge in [-0.15, -0.1) is 0 Å². The van der Waals surface area contributed by atoms with Crippen molar-refractivity contribution in [2.45, 2.75) is 13.0 Å². The SMILES string of the molecule is OCCN(Cc1ccnc2ccccc12)CC(F)F. The summed E-state index contributed by atoms with van der Waals surface area (Å²) in [7, 11) is 0. The number of aliphatic hydroxyl groups is 1. The molecule has 102 valence electrons. The van der Waals surface area contributed by atoms with Crippen LogP contribution in [-0.4, -0.2) is 41.1 Å². The Morgan fingerprint density at radius 3 is 2.74 bits per heavy atom. The molecule has 0 bridgehead atoms. The number of para-hydroxylation sites is 1. The second kappa shape index (κ2) is 6.54. The monoisotopic (exact) mass is 266 g/mol. The third kappa shape index (κ3) is 3.68. The average molecular weight is 266 g/mol. The molecule has 0 amide bonds. The van der Waals surface area contributed by atoms with E-state index in [1.807, 2.05) is 30.3 Å². The van der Waals surface area contributed by atoms with Crippen LogP contribution in [0.15, 0.2) is 36.5 Å². The molecule has 0 saturated heterocycles. The molecule has 0 aliphatic carbocycles. The number of hydrogen-bond donors (Lipinski definition) is 1. The Kier molecular flexibility index (Phi) is 4.76. The van der Waals surface area contributed by atoms with Crippen molar-refractivity contribution in [3.05, 3.63) is 42.1 Å². The molecule has 1 aromatic carbocycles. The van der Waals surface area contributed by atoms with Crippen molar-refractivity contribution < 1.29 is 13.9 Å². The highest BCUT2D eigenvalue weighted by Crippen LogP contribution is 2.18. The number of fused-ring (bicyclic) bond motifs is 1. The lowest BCUT2D eigenvalue weighted by Crippen LogP contribution is -2.31. The van der Waals surface area contributed by atoms with Gasteiger partial charge in [0, 0.05) is 24.7 Å². The maximum atomic E-state index is 12.5. The van der Waals surface area contributed by atoms with Gasteiger partial charge in [0.2, 0.25) is 0 Å². The Bertz CT molecular complexity index is 528. The summed E-state index contributed by atoms with van der Waals surface area (Å²) in [6.07, 6.45) is -0.725. The van der Waals surface area contributed by atoms with E-state index in [-0.39, 0.29) is 19.7 Å². The summed E-state index contributed by atoms with van der Waals surface area (Å²) in [5, 5.41) is 9.90. The van der Waals surface area contributed by atoms with Crippen LogP contribution in [0.2, 0.25) is 0 Å². The van der Waals surface area contributed by atoms with Crippen LogP contribution in [0.3, 0.4) is 0 Å². The molecule has 0 atom stereocenters. The molecule has 19 heavy (non-hydrogen) atoms. The smallest absolute Gasteiger partial charge is 0.251 e. The predicted molar refractivity (Wildman–Crippen MR) is 70.1 cm³/mol. The minimum atomic E-state index is -2.40. The molecule has 0 unspecified atom stereocenters. The van der Waals surface area contributed by atoms with Crippen LogP contribution in [-0.2, 0) is 6.54 Å². The highest BCUT2D eigenvalue weighted by molar-refractivity contribution is 5.81. The van der Waals surface area contributed by atoms with Gasteiger partial charge >= 0.3 is 0 Å². The van der Waals surface area contributed by atoms with E-state index in [1.54, 1.807) is 11.1 Å². The van der Waals surface area contributed by atoms with Gasteiger partial charge in [-0.05, 0) is 17.7 Å². The number of aliphatic hydroxyl groups excluding tert-OH is 1. The Morgan fingerprint density at radius 1 is 1.21 bits per heavy atom. The van der Waals surface area contributed by atoms with Crippen molar-refractivity contribution in [3.63, 3.8) is 0 Å². The summed E-state index contributed by atoms with van der Waals surface area (Å²) in [5.74, 6) is 0. The van der Waals surface area contributed by atoms with E-state index in [1.165, 1.54) is 0 Å². The first-order valence-electron chi connectivity index (χ1n) is 6.14. The van der Waals surface area contributed by atoms with Gasteiger partial charge in [0.05, 0.1) is 18.7 Å². The van der Waals surface area contributed by atoms with Crippen LogP contribution in [0.5, 0.6) is 0 Å². The third-order valence-electron chi connectivity index (χ3n) is 2.95. The second-order valence-electron chi connectivity index (χ2n) is 4.34. The maximum Gasteiger partial charge on any atom is 0.251 e. The topological polar surface area (TPSA) is 36.4 Å². The highest BCUT2D eigenvalue weighted by atomic mass is 19.3. The molecule has 0 radical (unpaired) electrons. The van der Waals surface area contributed by atoms with Gasteiger partial charge in [0.25, 0.3) is 6.43 Å². The number of hydrogen-bond acceptors (Lipinski definition) is 3. The highest BCUT2D eigenvalue weighted by Gasteiger charge is 2.13. The summed E-state index contributed by atoms with van der Waals surface area (Å²) < 4.78 is 25.0. The number of benzene rings is 1. The van der Waals surface area contributed by atoms with Crippen LogP contribution >= 0.6 is 0 Å². The summed E-state index contributed by atoms with van der Waals surface area (Å²) in [5.41, 5.74) is 1.79. The van der Waals surface area contributed by atoms with E-state index >= 15 is 0 Å². The molecule has 2 rings (SSSR count). The number of aromatic nitrogens is 1. The van der Waals surface area contributed by atoms with Crippen LogP contribution in [0, 0.1) is 0 Å². The van der Waals surface area contributed by atoms with Crippen molar-refractivity contribution in [1.82, 2.24) is 9.88 Å². The molecule has 0 aliphatic rings. The standard InChI is InChI=1S/C14H16F2N2O/c15-14(16)10-18(7-8-19)9-11-5-6-17-13-4-2-1-3-12(11)13/h1-6,14,19H,7-10H2. The van der Waals surface area contributed by atoms with E-state index in [4.69, 9.17) is 5.11 Å². The molecule has 5 heteroatoms. The second-order valence-corrected chi connectivity index (χ2v) is 4.34. The number of halogens is 2. The lowest BCUT2D eigenvalue weighted by Gasteiger charge is -2.21. The van der Waals surface area contributed by atoms with Crippen molar-refractivity contribution in [3.8, 4) is 0 Å². The first-order chi connectivity index (χ1) is 9.20. The van der Waals surface area contributed by atoms with Crippen molar-refractivity contribution in [2.24, 2.45) is 0 Å². The van der Waals surface area contributed by atoms with Crippen LogP contribution in [0.1, 0.15) is 5.56 Å². The first kappa shape index (κ1) is 13.8. The molecule has 1 aromatic heterocycles. The first-order valence-corrected chi connectivity index (χ1v) is 6.14. The van der Waals surface area contributed by atoms with Crippen LogP contribution < -0.4 is 0 Å².